The first-order valence-corrected chi connectivity index (χ1v) is 8.60. The van der Waals surface area contributed by atoms with Crippen molar-refractivity contribution >= 4 is 23.5 Å². The Labute approximate surface area is 150 Å². The molecular formula is C20H18N2O4. The van der Waals surface area contributed by atoms with E-state index in [1.165, 1.54) is 6.07 Å². The predicted octanol–water partition coefficient (Wildman–Crippen LogP) is 2.54. The maximum absolute atomic E-state index is 13.2. The monoisotopic (exact) mass is 350 g/mol. The van der Waals surface area contributed by atoms with Crippen molar-refractivity contribution in [2.45, 2.75) is 25.4 Å². The Hall–Kier alpha value is -3.15. The van der Waals surface area contributed by atoms with Crippen molar-refractivity contribution in [1.82, 2.24) is 4.90 Å². The molecule has 1 fully saturated rings. The van der Waals surface area contributed by atoms with Gasteiger partial charge >= 0.3 is 5.97 Å². The number of fused-ring (bicyclic) bond motifs is 2. The van der Waals surface area contributed by atoms with E-state index in [-0.39, 0.29) is 23.9 Å². The molecule has 2 aliphatic rings. The Morgan fingerprint density at radius 3 is 2.62 bits per heavy atom. The zero-order valence-corrected chi connectivity index (χ0v) is 14.1. The largest absolute Gasteiger partial charge is 0.478 e. The van der Waals surface area contributed by atoms with E-state index in [1.54, 1.807) is 52.3 Å². The maximum atomic E-state index is 13.2. The number of carbonyl (C=O) groups is 3. The van der Waals surface area contributed by atoms with Crippen molar-refractivity contribution in [2.75, 3.05) is 11.4 Å². The molecule has 0 radical (unpaired) electrons. The normalized spacial score (nSPS) is 19.2. The lowest BCUT2D eigenvalue weighted by Gasteiger charge is -2.26. The van der Waals surface area contributed by atoms with E-state index < -0.39 is 12.0 Å². The third-order valence-electron chi connectivity index (χ3n) is 5.07. The molecule has 0 saturated carbocycles. The molecule has 2 aromatic carbocycles. The summed E-state index contributed by atoms with van der Waals surface area (Å²) in [5, 5.41) is 9.44. The van der Waals surface area contributed by atoms with Gasteiger partial charge in [0.1, 0.15) is 6.04 Å². The standard InChI is InChI=1S/C20H18N2O4/c23-18-15-8-3-4-9-16(15)22(19(24)17-10-5-11-21(17)18)12-13-6-1-2-7-14(13)20(25)26/h1-4,6-9,17H,5,10-12H2,(H,25,26)/t17-/m1/s1. The molecule has 6 heteroatoms. The van der Waals surface area contributed by atoms with Crippen molar-refractivity contribution in [3.05, 3.63) is 65.2 Å². The number of amides is 2. The minimum Gasteiger partial charge on any atom is -0.478 e. The summed E-state index contributed by atoms with van der Waals surface area (Å²) in [6, 6.07) is 13.2. The number of hydrogen-bond acceptors (Lipinski definition) is 3. The second kappa shape index (κ2) is 6.29. The molecule has 1 atom stereocenters. The number of nitrogens with zero attached hydrogens (tertiary/aromatic N) is 2. The SMILES string of the molecule is O=C(O)c1ccccc1CN1C(=O)[C@H]2CCCN2C(=O)c2ccccc21. The molecule has 2 amide bonds. The lowest BCUT2D eigenvalue weighted by molar-refractivity contribution is -0.122. The Bertz CT molecular complexity index is 908. The van der Waals surface area contributed by atoms with E-state index in [9.17, 15) is 19.5 Å². The Morgan fingerprint density at radius 2 is 1.81 bits per heavy atom. The molecule has 0 bridgehead atoms. The molecule has 0 spiro atoms. The summed E-state index contributed by atoms with van der Waals surface area (Å²) in [6.45, 7) is 0.694. The molecule has 1 N–H and O–H groups in total. The van der Waals surface area contributed by atoms with E-state index in [2.05, 4.69) is 0 Å². The van der Waals surface area contributed by atoms with Crippen LogP contribution >= 0.6 is 0 Å². The molecule has 2 aliphatic heterocycles. The minimum absolute atomic E-state index is 0.121. The van der Waals surface area contributed by atoms with Gasteiger partial charge in [0.25, 0.3) is 5.91 Å². The van der Waals surface area contributed by atoms with E-state index >= 15 is 0 Å². The van der Waals surface area contributed by atoms with Crippen molar-refractivity contribution in [3.63, 3.8) is 0 Å². The predicted molar refractivity (Wildman–Crippen MR) is 95.1 cm³/mol. The number of anilines is 1. The van der Waals surface area contributed by atoms with Gasteiger partial charge in [-0.15, -0.1) is 0 Å². The van der Waals surface area contributed by atoms with Gasteiger partial charge in [-0.05, 0) is 36.6 Å². The number of carbonyl (C=O) groups excluding carboxylic acids is 2. The second-order valence-corrected chi connectivity index (χ2v) is 6.56. The zero-order chi connectivity index (χ0) is 18.3. The molecule has 0 aliphatic carbocycles. The summed E-state index contributed by atoms with van der Waals surface area (Å²) in [5.41, 5.74) is 1.73. The van der Waals surface area contributed by atoms with E-state index in [1.807, 2.05) is 0 Å². The van der Waals surface area contributed by atoms with Gasteiger partial charge < -0.3 is 14.9 Å². The molecular weight excluding hydrogens is 332 g/mol. The van der Waals surface area contributed by atoms with Crippen LogP contribution in [0.5, 0.6) is 0 Å². The quantitative estimate of drug-likeness (QED) is 0.923. The molecule has 0 unspecified atom stereocenters. The summed E-state index contributed by atoms with van der Waals surface area (Å²) < 4.78 is 0. The fourth-order valence-corrected chi connectivity index (χ4v) is 3.81. The third kappa shape index (κ3) is 2.54. The van der Waals surface area contributed by atoms with Gasteiger partial charge in [-0.25, -0.2) is 4.79 Å². The number of carboxylic acid groups (broad SMARTS) is 1. The number of hydrogen-bond donors (Lipinski definition) is 1. The van der Waals surface area contributed by atoms with Gasteiger partial charge in [0.05, 0.1) is 23.4 Å². The van der Waals surface area contributed by atoms with Crippen molar-refractivity contribution in [1.29, 1.82) is 0 Å². The summed E-state index contributed by atoms with van der Waals surface area (Å²) >= 11 is 0. The number of para-hydroxylation sites is 1. The van der Waals surface area contributed by atoms with Crippen molar-refractivity contribution in [3.8, 4) is 0 Å². The Kier molecular flexibility index (Phi) is 3.95. The highest BCUT2D eigenvalue weighted by Gasteiger charge is 2.41. The molecule has 6 nitrogen and oxygen atoms in total. The molecule has 2 aromatic rings. The number of benzene rings is 2. The first kappa shape index (κ1) is 16.3. The molecule has 2 heterocycles. The van der Waals surface area contributed by atoms with Crippen molar-refractivity contribution in [2.24, 2.45) is 0 Å². The summed E-state index contributed by atoms with van der Waals surface area (Å²) in [5.74, 6) is -1.32. The van der Waals surface area contributed by atoms with Crippen LogP contribution in [0.2, 0.25) is 0 Å². The van der Waals surface area contributed by atoms with Gasteiger partial charge in [0.2, 0.25) is 5.91 Å². The lowest BCUT2D eigenvalue weighted by atomic mass is 10.1. The average molecular weight is 350 g/mol. The summed E-state index contributed by atoms with van der Waals surface area (Å²) in [6.07, 6.45) is 1.43. The van der Waals surface area contributed by atoms with Gasteiger partial charge in [0.15, 0.2) is 0 Å². The van der Waals surface area contributed by atoms with E-state index in [0.29, 0.717) is 29.8 Å². The van der Waals surface area contributed by atoms with Crippen LogP contribution in [0.25, 0.3) is 0 Å². The molecule has 4 rings (SSSR count). The Balaban J connectivity index is 1.82. The molecule has 26 heavy (non-hydrogen) atoms. The number of rotatable bonds is 3. The van der Waals surface area contributed by atoms with E-state index in [0.717, 1.165) is 6.42 Å². The third-order valence-corrected chi connectivity index (χ3v) is 5.07. The van der Waals surface area contributed by atoms with Crippen LogP contribution in [-0.4, -0.2) is 40.4 Å². The van der Waals surface area contributed by atoms with Crippen LogP contribution < -0.4 is 4.90 Å². The highest BCUT2D eigenvalue weighted by atomic mass is 16.4. The lowest BCUT2D eigenvalue weighted by Crippen LogP contribution is -2.44. The van der Waals surface area contributed by atoms with Crippen LogP contribution in [-0.2, 0) is 11.3 Å². The highest BCUT2D eigenvalue weighted by Crippen LogP contribution is 2.33. The molecule has 0 aromatic heterocycles. The average Bonchev–Trinajstić information content (AvgIpc) is 3.12. The van der Waals surface area contributed by atoms with Gasteiger partial charge in [-0.1, -0.05) is 30.3 Å². The summed E-state index contributed by atoms with van der Waals surface area (Å²) in [7, 11) is 0. The fourth-order valence-electron chi connectivity index (χ4n) is 3.81. The molecule has 1 saturated heterocycles. The second-order valence-electron chi connectivity index (χ2n) is 6.56. The number of carboxylic acids is 1. The topological polar surface area (TPSA) is 77.9 Å². The van der Waals surface area contributed by atoms with Gasteiger partial charge in [-0.3, -0.25) is 9.59 Å². The van der Waals surface area contributed by atoms with Crippen LogP contribution in [0.3, 0.4) is 0 Å². The fraction of sp³-hybridized carbons (Fsp3) is 0.250. The molecule has 132 valence electrons. The van der Waals surface area contributed by atoms with E-state index in [4.69, 9.17) is 0 Å². The van der Waals surface area contributed by atoms with Crippen LogP contribution in [0.4, 0.5) is 5.69 Å². The first-order chi connectivity index (χ1) is 12.6. The van der Waals surface area contributed by atoms with Gasteiger partial charge in [0, 0.05) is 6.54 Å². The first-order valence-electron chi connectivity index (χ1n) is 8.60. The van der Waals surface area contributed by atoms with Crippen LogP contribution in [0.1, 0.15) is 39.1 Å². The highest BCUT2D eigenvalue weighted by molar-refractivity contribution is 6.11. The van der Waals surface area contributed by atoms with Crippen molar-refractivity contribution < 1.29 is 19.5 Å². The minimum atomic E-state index is -1.03. The smallest absolute Gasteiger partial charge is 0.336 e. The zero-order valence-electron chi connectivity index (χ0n) is 14.1. The Morgan fingerprint density at radius 1 is 1.08 bits per heavy atom. The maximum Gasteiger partial charge on any atom is 0.336 e. The van der Waals surface area contributed by atoms with Crippen LogP contribution in [0, 0.1) is 0 Å². The van der Waals surface area contributed by atoms with Gasteiger partial charge in [-0.2, -0.15) is 0 Å². The number of aromatic carboxylic acids is 1. The summed E-state index contributed by atoms with van der Waals surface area (Å²) in [4.78, 5) is 40.8. The van der Waals surface area contributed by atoms with Crippen LogP contribution in [0.15, 0.2) is 48.5 Å².